The number of carbonyl (C=O) groups is 1. The SMILES string of the molecule is COc1ccccc1CN(C)C(=O)c1ccc(CSc2nc3ccccc3[nH]2)cc1. The van der Waals surface area contributed by atoms with Crippen molar-refractivity contribution in [3.05, 3.63) is 89.5 Å². The predicted octanol–water partition coefficient (Wildman–Crippen LogP) is 5.14. The van der Waals surface area contributed by atoms with E-state index in [1.807, 2.05) is 72.8 Å². The van der Waals surface area contributed by atoms with Gasteiger partial charge in [-0.15, -0.1) is 0 Å². The zero-order valence-corrected chi connectivity index (χ0v) is 17.8. The standard InChI is InChI=1S/C24H23N3O2S/c1-27(15-19-7-3-6-10-22(19)29-2)23(28)18-13-11-17(12-14-18)16-30-24-25-20-8-4-5-9-21(20)26-24/h3-14H,15-16H2,1-2H3,(H,25,26). The molecule has 0 saturated carbocycles. The number of benzene rings is 3. The Morgan fingerprint density at radius 3 is 2.53 bits per heavy atom. The molecule has 0 aliphatic heterocycles. The van der Waals surface area contributed by atoms with E-state index in [2.05, 4.69) is 9.97 Å². The summed E-state index contributed by atoms with van der Waals surface area (Å²) in [6.45, 7) is 0.493. The number of thioether (sulfide) groups is 1. The van der Waals surface area contributed by atoms with Crippen molar-refractivity contribution in [3.63, 3.8) is 0 Å². The van der Waals surface area contributed by atoms with Gasteiger partial charge < -0.3 is 14.6 Å². The average molecular weight is 418 g/mol. The second kappa shape index (κ2) is 9.05. The van der Waals surface area contributed by atoms with Crippen molar-refractivity contribution in [1.29, 1.82) is 0 Å². The minimum absolute atomic E-state index is 0.0163. The first kappa shape index (κ1) is 20.0. The summed E-state index contributed by atoms with van der Waals surface area (Å²) in [6.07, 6.45) is 0. The molecular weight excluding hydrogens is 394 g/mol. The Morgan fingerprint density at radius 1 is 1.03 bits per heavy atom. The number of carbonyl (C=O) groups excluding carboxylic acids is 1. The number of ether oxygens (including phenoxy) is 1. The van der Waals surface area contributed by atoms with E-state index in [4.69, 9.17) is 4.74 Å². The van der Waals surface area contributed by atoms with Crippen molar-refractivity contribution in [1.82, 2.24) is 14.9 Å². The molecule has 152 valence electrons. The van der Waals surface area contributed by atoms with Crippen LogP contribution >= 0.6 is 11.8 Å². The van der Waals surface area contributed by atoms with Gasteiger partial charge >= 0.3 is 0 Å². The average Bonchev–Trinajstić information content (AvgIpc) is 3.21. The molecule has 3 aromatic carbocycles. The Morgan fingerprint density at radius 2 is 1.77 bits per heavy atom. The molecule has 1 heterocycles. The fourth-order valence-corrected chi connectivity index (χ4v) is 4.12. The Labute approximate surface area is 180 Å². The lowest BCUT2D eigenvalue weighted by Crippen LogP contribution is -2.26. The summed E-state index contributed by atoms with van der Waals surface area (Å²) in [7, 11) is 3.45. The summed E-state index contributed by atoms with van der Waals surface area (Å²) in [4.78, 5) is 22.4. The Kier molecular flexibility index (Phi) is 6.05. The van der Waals surface area contributed by atoms with Crippen LogP contribution in [0.4, 0.5) is 0 Å². The largest absolute Gasteiger partial charge is 0.496 e. The van der Waals surface area contributed by atoms with Crippen molar-refractivity contribution in [2.75, 3.05) is 14.2 Å². The maximum atomic E-state index is 12.8. The lowest BCUT2D eigenvalue weighted by atomic mass is 10.1. The van der Waals surface area contributed by atoms with Crippen LogP contribution in [0.5, 0.6) is 5.75 Å². The fourth-order valence-electron chi connectivity index (χ4n) is 3.27. The number of H-pyrrole nitrogens is 1. The van der Waals surface area contributed by atoms with Gasteiger partial charge in [0, 0.05) is 30.5 Å². The highest BCUT2D eigenvalue weighted by molar-refractivity contribution is 7.98. The maximum absolute atomic E-state index is 12.8. The van der Waals surface area contributed by atoms with Crippen molar-refractivity contribution < 1.29 is 9.53 Å². The molecule has 0 fully saturated rings. The van der Waals surface area contributed by atoms with Crippen LogP contribution in [-0.4, -0.2) is 34.9 Å². The monoisotopic (exact) mass is 417 g/mol. The van der Waals surface area contributed by atoms with E-state index in [9.17, 15) is 4.79 Å². The van der Waals surface area contributed by atoms with Crippen molar-refractivity contribution in [3.8, 4) is 5.75 Å². The van der Waals surface area contributed by atoms with Gasteiger partial charge in [0.2, 0.25) is 0 Å². The van der Waals surface area contributed by atoms with Crippen molar-refractivity contribution in [2.24, 2.45) is 0 Å². The van der Waals surface area contributed by atoms with E-state index in [1.165, 1.54) is 0 Å². The summed E-state index contributed by atoms with van der Waals surface area (Å²) in [5, 5.41) is 0.896. The second-order valence-corrected chi connectivity index (χ2v) is 7.98. The van der Waals surface area contributed by atoms with Crippen LogP contribution in [0.25, 0.3) is 11.0 Å². The number of aromatic nitrogens is 2. The van der Waals surface area contributed by atoms with Gasteiger partial charge in [0.15, 0.2) is 5.16 Å². The van der Waals surface area contributed by atoms with Gasteiger partial charge in [0.1, 0.15) is 5.75 Å². The first-order chi connectivity index (χ1) is 14.6. The molecular formula is C24H23N3O2S. The van der Waals surface area contributed by atoms with Gasteiger partial charge in [-0.2, -0.15) is 0 Å². The van der Waals surface area contributed by atoms with Gasteiger partial charge in [-0.1, -0.05) is 54.2 Å². The zero-order valence-electron chi connectivity index (χ0n) is 17.0. The number of methoxy groups -OCH3 is 1. The number of imidazole rings is 1. The highest BCUT2D eigenvalue weighted by Gasteiger charge is 2.14. The Bertz CT molecular complexity index is 1120. The maximum Gasteiger partial charge on any atom is 0.253 e. The lowest BCUT2D eigenvalue weighted by molar-refractivity contribution is 0.0784. The number of hydrogen-bond donors (Lipinski definition) is 1. The van der Waals surface area contributed by atoms with Crippen LogP contribution in [-0.2, 0) is 12.3 Å². The fraction of sp³-hybridized carbons (Fsp3) is 0.167. The molecule has 0 radical (unpaired) electrons. The first-order valence-electron chi connectivity index (χ1n) is 9.68. The van der Waals surface area contributed by atoms with Crippen molar-refractivity contribution >= 4 is 28.7 Å². The van der Waals surface area contributed by atoms with Gasteiger partial charge in [-0.3, -0.25) is 4.79 Å². The second-order valence-electron chi connectivity index (χ2n) is 7.02. The molecule has 0 aliphatic carbocycles. The summed E-state index contributed by atoms with van der Waals surface area (Å²) in [5.41, 5.74) is 4.81. The van der Waals surface area contributed by atoms with Gasteiger partial charge in [0.05, 0.1) is 18.1 Å². The predicted molar refractivity (Wildman–Crippen MR) is 121 cm³/mol. The summed E-state index contributed by atoms with van der Waals surface area (Å²) in [6, 6.07) is 23.5. The normalized spacial score (nSPS) is 10.9. The molecule has 0 spiro atoms. The number of rotatable bonds is 7. The molecule has 4 rings (SSSR count). The van der Waals surface area contributed by atoms with Gasteiger partial charge in [-0.05, 0) is 35.9 Å². The van der Waals surface area contributed by atoms with E-state index in [1.54, 1.807) is 30.8 Å². The Balaban J connectivity index is 1.38. The summed E-state index contributed by atoms with van der Waals surface area (Å²) in [5.74, 6) is 1.55. The molecule has 0 unspecified atom stereocenters. The van der Waals surface area contributed by atoms with Crippen LogP contribution < -0.4 is 4.74 Å². The Hall–Kier alpha value is -3.25. The number of amides is 1. The highest BCUT2D eigenvalue weighted by atomic mass is 32.2. The molecule has 4 aromatic rings. The number of fused-ring (bicyclic) bond motifs is 1. The molecule has 5 nitrogen and oxygen atoms in total. The third-order valence-electron chi connectivity index (χ3n) is 4.89. The van der Waals surface area contributed by atoms with Gasteiger partial charge in [-0.25, -0.2) is 4.98 Å². The molecule has 1 aromatic heterocycles. The van der Waals surface area contributed by atoms with Crippen LogP contribution in [0.15, 0.2) is 78.0 Å². The van der Waals surface area contributed by atoms with Crippen LogP contribution in [0, 0.1) is 0 Å². The molecule has 1 N–H and O–H groups in total. The molecule has 0 atom stereocenters. The number of hydrogen-bond acceptors (Lipinski definition) is 4. The van der Waals surface area contributed by atoms with Crippen LogP contribution in [0.2, 0.25) is 0 Å². The number of aromatic amines is 1. The van der Waals surface area contributed by atoms with Gasteiger partial charge in [0.25, 0.3) is 5.91 Å². The minimum atomic E-state index is -0.0163. The minimum Gasteiger partial charge on any atom is -0.496 e. The molecule has 6 heteroatoms. The molecule has 30 heavy (non-hydrogen) atoms. The molecule has 0 saturated heterocycles. The molecule has 1 amide bonds. The van der Waals surface area contributed by atoms with E-state index in [0.29, 0.717) is 12.1 Å². The first-order valence-corrected chi connectivity index (χ1v) is 10.7. The zero-order chi connectivity index (χ0) is 20.9. The topological polar surface area (TPSA) is 58.2 Å². The summed E-state index contributed by atoms with van der Waals surface area (Å²) < 4.78 is 5.38. The van der Waals surface area contributed by atoms with Crippen LogP contribution in [0.3, 0.4) is 0 Å². The summed E-state index contributed by atoms with van der Waals surface area (Å²) >= 11 is 1.65. The third-order valence-corrected chi connectivity index (χ3v) is 5.84. The van der Waals surface area contributed by atoms with E-state index in [-0.39, 0.29) is 5.91 Å². The third kappa shape index (κ3) is 4.49. The number of para-hydroxylation sites is 3. The molecule has 0 aliphatic rings. The number of nitrogens with one attached hydrogen (secondary N) is 1. The smallest absolute Gasteiger partial charge is 0.253 e. The van der Waals surface area contributed by atoms with E-state index < -0.39 is 0 Å². The highest BCUT2D eigenvalue weighted by Crippen LogP contribution is 2.24. The quantitative estimate of drug-likeness (QED) is 0.423. The lowest BCUT2D eigenvalue weighted by Gasteiger charge is -2.19. The number of nitrogens with zero attached hydrogens (tertiary/aromatic N) is 2. The van der Waals surface area contributed by atoms with Crippen LogP contribution in [0.1, 0.15) is 21.5 Å². The van der Waals surface area contributed by atoms with E-state index in [0.717, 1.165) is 38.8 Å². The van der Waals surface area contributed by atoms with Crippen molar-refractivity contribution in [2.45, 2.75) is 17.5 Å². The van der Waals surface area contributed by atoms with E-state index >= 15 is 0 Å². The molecule has 0 bridgehead atoms.